The van der Waals surface area contributed by atoms with Gasteiger partial charge in [-0.1, -0.05) is 60.7 Å². The number of nitrogens with zero attached hydrogens (tertiary/aromatic N) is 2. The number of nitrogens with one attached hydrogen (secondary N) is 3. The number of amides is 3. The third kappa shape index (κ3) is 48.8. The molecule has 2 heterocycles. The molecule has 550 valence electrons. The molecular weight excluding hydrogens is 5150 g/mol. The van der Waals surface area contributed by atoms with Crippen molar-refractivity contribution in [1.29, 1.82) is 0 Å². The number of hydrogen-bond donors (Lipinski definition) is 4. The van der Waals surface area contributed by atoms with Crippen LogP contribution >= 0.6 is 472 Å². The van der Waals surface area contributed by atoms with E-state index >= 15 is 0 Å². The summed E-state index contributed by atoms with van der Waals surface area (Å²) >= 11 is 57.6. The van der Waals surface area contributed by atoms with Crippen molar-refractivity contribution in [3.63, 3.8) is 0 Å². The number of likely N-dealkylation sites (tertiary alicyclic amines) is 2. The summed E-state index contributed by atoms with van der Waals surface area (Å²) in [5, 5.41) is 9.01. The maximum atomic E-state index is 12.3. The number of hydrogen-bond acceptors (Lipinski definition) is 13. The Hall–Kier alpha value is 20.6. The van der Waals surface area contributed by atoms with E-state index < -0.39 is 53.4 Å². The Morgan fingerprint density at radius 3 is 1.13 bits per heavy atom. The minimum absolute atomic E-state index is 0.00251. The second-order valence-corrected chi connectivity index (χ2v) is 764. The van der Waals surface area contributed by atoms with Crippen LogP contribution in [0.4, 0.5) is 14.4 Å². The summed E-state index contributed by atoms with van der Waals surface area (Å²) in [4.78, 5) is 63.3. The Morgan fingerprint density at radius 2 is 0.833 bits per heavy atom. The van der Waals surface area contributed by atoms with Gasteiger partial charge in [0.25, 0.3) is 0 Å². The van der Waals surface area contributed by atoms with E-state index in [9.17, 15) is 24.0 Å². The number of nitrogens with two attached hydrogens (primary N) is 1. The number of rotatable bonds is 27. The Labute approximate surface area is 779 Å². The van der Waals surface area contributed by atoms with Gasteiger partial charge < -0.3 is 49.9 Å². The zero-order chi connectivity index (χ0) is 68.6. The van der Waals surface area contributed by atoms with E-state index in [1.807, 2.05) is 60.7 Å². The number of carbonyl (C=O) groups is 5. The van der Waals surface area contributed by atoms with E-state index in [1.165, 1.54) is 14.2 Å². The van der Waals surface area contributed by atoms with Crippen LogP contribution in [-0.2, 0) is 46.5 Å². The van der Waals surface area contributed by atoms with Gasteiger partial charge >= 0.3 is 516 Å². The summed E-state index contributed by atoms with van der Waals surface area (Å²) in [5.74, 6) is -0.831. The molecule has 4 rings (SSSR count). The molecule has 2 aliphatic heterocycles. The van der Waals surface area contributed by atoms with Crippen molar-refractivity contribution in [3.05, 3.63) is 71.8 Å². The van der Waals surface area contributed by atoms with Crippen LogP contribution in [-0.4, -0.2) is 123 Å². The average Bonchev–Trinajstić information content (AvgIpc) is 2.64. The first kappa shape index (κ1) is 109. The van der Waals surface area contributed by atoms with Gasteiger partial charge in [0.15, 0.2) is 0 Å². The van der Waals surface area contributed by atoms with Crippen LogP contribution in [0, 0.1) is 0 Å². The van der Waals surface area contributed by atoms with Crippen LogP contribution in [0.3, 0.4) is 0 Å². The van der Waals surface area contributed by atoms with E-state index in [0.717, 1.165) is 24.0 Å². The van der Waals surface area contributed by atoms with Crippen LogP contribution in [0.5, 0.6) is 0 Å². The fraction of sp³-hybridized carbons (Fsp3) is 0.564. The molecule has 2 fully saturated rings. The maximum absolute atomic E-state index is 12.3. The molecule has 2 atom stereocenters. The number of carbonyl (C=O) groups excluding carboxylic acids is 5. The monoisotopic (exact) mass is 5210 g/mol. The first-order valence-electron chi connectivity index (χ1n) is 23.3. The predicted molar refractivity (Wildman–Crippen MR) is 680 cm³/mol. The zero-order valence-electron chi connectivity index (χ0n) is 45.9. The number of benzene rings is 2. The molecule has 5 N–H and O–H groups in total. The van der Waals surface area contributed by atoms with Gasteiger partial charge in [0.05, 0.1) is 14.2 Å². The standard InChI is InChI=1S/C22H33N3O6.C17H25N3O4.I18.I17/c1-22(2,3)31-20(27)23-14-18(19(26)29-4)24-17-10-12-25(13-11-17)21(28)30-15-16-8-6-5-7-9-16;1-23-16(21)15(11-18)19-14-7-9-20(10-8-14)17(22)24-12-13-5-3-2-4-6-13;1-11(2)13(5)15(7)17(9)18(10)16(8)14(6)12(3)4;1-10-12(4)14(6)16(8)17(9)15(7)13(5)11(2)3/h5-9,17-18,24H,10-15H2,1-4H3,(H,23,27);2-6,14-15,19H,7-12,18H2,1H3;;/q;;;-1/t18-;15-;;/m11../s1. The van der Waals surface area contributed by atoms with Gasteiger partial charge in [0.2, 0.25) is 0 Å². The summed E-state index contributed by atoms with van der Waals surface area (Å²) in [7, 11) is -2.97. The first-order valence-corrected chi connectivity index (χ1v) is 231. The topological polar surface area (TPSA) is 200 Å². The molecule has 0 aliphatic carbocycles. The van der Waals surface area contributed by atoms with Gasteiger partial charge in [0, 0.05) is 51.4 Å². The molecule has 2 aromatic carbocycles. The van der Waals surface area contributed by atoms with Crippen molar-refractivity contribution in [1.82, 2.24) is 25.8 Å². The molecule has 0 radical (unpaired) electrons. The number of alkyl carbamates (subject to hydrolysis) is 1. The van der Waals surface area contributed by atoms with Crippen molar-refractivity contribution in [2.75, 3.05) is 53.5 Å². The molecule has 0 spiro atoms. The van der Waals surface area contributed by atoms with E-state index in [4.69, 9.17) is 29.4 Å². The number of piperidine rings is 2. The molecule has 3 amide bonds. The fourth-order valence-electron chi connectivity index (χ4n) is 6.23. The molecule has 0 aromatic heterocycles. The van der Waals surface area contributed by atoms with Gasteiger partial charge in [0.1, 0.15) is 30.9 Å². The van der Waals surface area contributed by atoms with Gasteiger partial charge in [-0.05, 0) is 57.6 Å². The van der Waals surface area contributed by atoms with E-state index in [0.29, 0.717) is 52.3 Å². The van der Waals surface area contributed by atoms with Crippen molar-refractivity contribution in [2.24, 2.45) is 5.73 Å². The van der Waals surface area contributed by atoms with E-state index in [2.05, 4.69) is 370 Å². The summed E-state index contributed by atoms with van der Waals surface area (Å²) in [6, 6.07) is 18.0. The molecule has 2 saturated heterocycles. The SMILES string of the molecule is COC(=O)[C@@H](CN)NC1CCN(C(=O)OCc2ccccc2)CC1.COC(=O)[C@@H](CNC(=O)OC(C)(C)C)NC1CCN(C(=O)OCc2ccccc2)CC1.II(I)I(I)I(I)I(I)I(I)I(I)I(I)I(I)I.I[I-]I(I)I(I)I(I)I(I)I(I)I(I)I(I)I. The third-order valence-corrected chi connectivity index (χ3v) is 2240. The average molecular weight is 5210 g/mol. The van der Waals surface area contributed by atoms with Crippen LogP contribution in [0.15, 0.2) is 60.7 Å². The van der Waals surface area contributed by atoms with Gasteiger partial charge in [-0.3, -0.25) is 14.9 Å². The molecule has 90 heavy (non-hydrogen) atoms. The van der Waals surface area contributed by atoms with Crippen LogP contribution in [0.1, 0.15) is 57.6 Å². The van der Waals surface area contributed by atoms with Crippen molar-refractivity contribution in [3.8, 4) is 0 Å². The van der Waals surface area contributed by atoms with Crippen molar-refractivity contribution in [2.45, 2.75) is 89.4 Å². The molecule has 0 bridgehead atoms. The van der Waals surface area contributed by atoms with Crippen LogP contribution < -0.4 is 34.9 Å². The van der Waals surface area contributed by atoms with Crippen molar-refractivity contribution < 1.29 is 60.9 Å². The molecule has 16 nitrogen and oxygen atoms in total. The quantitative estimate of drug-likeness (QED) is 0.0374. The van der Waals surface area contributed by atoms with Gasteiger partial charge in [-0.25, -0.2) is 14.4 Å². The second kappa shape index (κ2) is 64.5. The first-order chi connectivity index (χ1) is 42.2. The van der Waals surface area contributed by atoms with Crippen molar-refractivity contribution >= 4 is 502 Å². The van der Waals surface area contributed by atoms with E-state index in [-0.39, 0.29) is 151 Å². The Kier molecular flexibility index (Phi) is 77.8. The number of ether oxygens (including phenoxy) is 5. The minimum atomic E-state index is -0.709. The summed E-state index contributed by atoms with van der Waals surface area (Å²) in [5.41, 5.74) is 6.86. The molecule has 0 saturated carbocycles. The zero-order valence-corrected chi connectivity index (χ0v) is 121. The van der Waals surface area contributed by atoms with Gasteiger partial charge in [-0.2, -0.15) is 0 Å². The molecule has 51 heteroatoms. The third-order valence-electron chi connectivity index (χ3n) is 9.95. The molecule has 0 unspecified atom stereocenters. The Bertz CT molecular complexity index is 2320. The molecule has 2 aromatic rings. The van der Waals surface area contributed by atoms with Crippen LogP contribution in [0.2, 0.25) is 0 Å². The Morgan fingerprint density at radius 1 is 0.522 bits per heavy atom. The second-order valence-electron chi connectivity index (χ2n) is 16.7. The number of esters is 2. The summed E-state index contributed by atoms with van der Waals surface area (Å²) < 4.78 is 25.5. The molecule has 2 aliphatic rings. The van der Waals surface area contributed by atoms with Crippen LogP contribution in [0.25, 0.3) is 0 Å². The van der Waals surface area contributed by atoms with E-state index in [1.54, 1.807) is 30.6 Å². The number of halogens is 35. The predicted octanol–water partition coefficient (Wildman–Crippen LogP) is 30.4. The summed E-state index contributed by atoms with van der Waals surface area (Å²) in [6.45, 7) is 8.23. The Balaban J connectivity index is 0.000000619. The number of methoxy groups -OCH3 is 2. The molecular formula is C39H58I35N6O10-. The normalized spacial score (nSPS) is 16.6. The summed E-state index contributed by atoms with van der Waals surface area (Å²) in [6.07, 6.45) is 1.54. The fourth-order valence-corrected chi connectivity index (χ4v) is 4830. The van der Waals surface area contributed by atoms with Gasteiger partial charge in [-0.15, -0.1) is 0 Å².